The van der Waals surface area contributed by atoms with Crippen molar-refractivity contribution in [2.75, 3.05) is 0 Å². The van der Waals surface area contributed by atoms with Crippen molar-refractivity contribution >= 4 is 32.3 Å². The highest BCUT2D eigenvalue weighted by atomic mass is 16.3. The van der Waals surface area contributed by atoms with E-state index in [9.17, 15) is 5.11 Å². The Bertz CT molecular complexity index is 1010. The molecule has 108 valence electrons. The van der Waals surface area contributed by atoms with E-state index in [1.54, 1.807) is 0 Å². The van der Waals surface area contributed by atoms with Gasteiger partial charge in [0, 0.05) is 0 Å². The summed E-state index contributed by atoms with van der Waals surface area (Å²) in [6.45, 7) is 3.68. The largest absolute Gasteiger partial charge is 0.386 e. The fourth-order valence-corrected chi connectivity index (χ4v) is 3.39. The maximum Gasteiger partial charge on any atom is 0.0846 e. The van der Waals surface area contributed by atoms with Crippen LogP contribution >= 0.6 is 0 Å². The van der Waals surface area contributed by atoms with Gasteiger partial charge in [-0.25, -0.2) is 0 Å². The van der Waals surface area contributed by atoms with Crippen molar-refractivity contribution in [1.29, 1.82) is 0 Å². The van der Waals surface area contributed by atoms with Gasteiger partial charge in [0.1, 0.15) is 0 Å². The Balaban J connectivity index is 2.19. The molecular weight excluding hydrogens is 268 g/mol. The van der Waals surface area contributed by atoms with Crippen LogP contribution < -0.4 is 0 Å². The van der Waals surface area contributed by atoms with Gasteiger partial charge < -0.3 is 5.11 Å². The van der Waals surface area contributed by atoms with E-state index in [0.29, 0.717) is 0 Å². The third-order valence-corrected chi connectivity index (χ3v) is 4.44. The number of rotatable bonds is 1. The van der Waals surface area contributed by atoms with Crippen molar-refractivity contribution < 1.29 is 5.11 Å². The zero-order chi connectivity index (χ0) is 15.3. The summed E-state index contributed by atoms with van der Waals surface area (Å²) >= 11 is 0. The molecule has 0 bridgehead atoms. The van der Waals surface area contributed by atoms with Crippen LogP contribution in [0, 0.1) is 0 Å². The van der Waals surface area contributed by atoms with Gasteiger partial charge in [0.15, 0.2) is 0 Å². The summed E-state index contributed by atoms with van der Waals surface area (Å²) in [5.41, 5.74) is 0.129. The van der Waals surface area contributed by atoms with Crippen molar-refractivity contribution in [3.05, 3.63) is 72.3 Å². The average Bonchev–Trinajstić information content (AvgIpc) is 2.52. The van der Waals surface area contributed by atoms with E-state index in [4.69, 9.17) is 0 Å². The quantitative estimate of drug-likeness (QED) is 0.466. The number of benzene rings is 4. The molecule has 0 saturated heterocycles. The average molecular weight is 286 g/mol. The molecular formula is C21H18O. The van der Waals surface area contributed by atoms with Crippen LogP contribution in [0.3, 0.4) is 0 Å². The van der Waals surface area contributed by atoms with E-state index in [-0.39, 0.29) is 0 Å². The van der Waals surface area contributed by atoms with Crippen LogP contribution in [0.15, 0.2) is 66.7 Å². The van der Waals surface area contributed by atoms with E-state index >= 15 is 0 Å². The van der Waals surface area contributed by atoms with Gasteiger partial charge in [-0.15, -0.1) is 0 Å². The maximum atomic E-state index is 10.4. The lowest BCUT2D eigenvalue weighted by Gasteiger charge is -2.20. The topological polar surface area (TPSA) is 20.2 Å². The number of hydrogen-bond acceptors (Lipinski definition) is 1. The van der Waals surface area contributed by atoms with Gasteiger partial charge in [0.05, 0.1) is 5.60 Å². The van der Waals surface area contributed by atoms with Crippen molar-refractivity contribution in [3.8, 4) is 0 Å². The normalized spacial score (nSPS) is 12.3. The smallest absolute Gasteiger partial charge is 0.0846 e. The Hall–Kier alpha value is -2.38. The number of hydrogen-bond donors (Lipinski definition) is 1. The summed E-state index contributed by atoms with van der Waals surface area (Å²) in [4.78, 5) is 0. The number of fused-ring (bicyclic) bond motifs is 5. The summed E-state index contributed by atoms with van der Waals surface area (Å²) in [5, 5.41) is 17.8. The second-order valence-electron chi connectivity index (χ2n) is 6.41. The summed E-state index contributed by atoms with van der Waals surface area (Å²) in [7, 11) is 0. The van der Waals surface area contributed by atoms with Crippen molar-refractivity contribution in [2.45, 2.75) is 19.4 Å². The molecule has 0 heterocycles. The predicted octanol–water partition coefficient (Wildman–Crippen LogP) is 5.37. The van der Waals surface area contributed by atoms with Crippen molar-refractivity contribution in [3.63, 3.8) is 0 Å². The van der Waals surface area contributed by atoms with Gasteiger partial charge in [-0.2, -0.15) is 0 Å². The van der Waals surface area contributed by atoms with Gasteiger partial charge in [-0.3, -0.25) is 0 Å². The van der Waals surface area contributed by atoms with Gasteiger partial charge in [-0.1, -0.05) is 66.7 Å². The van der Waals surface area contributed by atoms with E-state index in [1.165, 1.54) is 26.9 Å². The fourth-order valence-electron chi connectivity index (χ4n) is 3.39. The highest BCUT2D eigenvalue weighted by molar-refractivity contribution is 6.17. The molecule has 0 aliphatic rings. The Labute approximate surface area is 129 Å². The maximum absolute atomic E-state index is 10.4. The Morgan fingerprint density at radius 2 is 1.18 bits per heavy atom. The summed E-state index contributed by atoms with van der Waals surface area (Å²) < 4.78 is 0. The van der Waals surface area contributed by atoms with E-state index < -0.39 is 5.60 Å². The number of aliphatic hydroxyl groups is 1. The zero-order valence-corrected chi connectivity index (χ0v) is 12.8. The second kappa shape index (κ2) is 4.56. The molecule has 0 aromatic heterocycles. The Kier molecular flexibility index (Phi) is 2.75. The molecule has 0 aliphatic carbocycles. The zero-order valence-electron chi connectivity index (χ0n) is 12.8. The van der Waals surface area contributed by atoms with Crippen LogP contribution in [-0.4, -0.2) is 5.11 Å². The lowest BCUT2D eigenvalue weighted by atomic mass is 9.89. The molecule has 0 radical (unpaired) electrons. The molecule has 0 saturated carbocycles. The van der Waals surface area contributed by atoms with Gasteiger partial charge >= 0.3 is 0 Å². The molecule has 0 amide bonds. The lowest BCUT2D eigenvalue weighted by molar-refractivity contribution is 0.0802. The standard InChI is InChI=1S/C21H18O/c1-21(2,22)20-9-5-8-16-18-11-10-14-6-3-4-7-15(14)17(18)12-13-19(16)20/h3-13,22H,1-2H3. The SMILES string of the molecule is CC(C)(O)c1cccc2c1ccc1c3ccccc3ccc21. The van der Waals surface area contributed by atoms with Crippen LogP contribution in [0.25, 0.3) is 32.3 Å². The van der Waals surface area contributed by atoms with E-state index in [1.807, 2.05) is 26.0 Å². The molecule has 4 aromatic rings. The molecule has 4 rings (SSSR count). The minimum absolute atomic E-state index is 0.843. The highest BCUT2D eigenvalue weighted by Gasteiger charge is 2.19. The third kappa shape index (κ3) is 1.90. The van der Waals surface area contributed by atoms with Crippen LogP contribution in [0.5, 0.6) is 0 Å². The van der Waals surface area contributed by atoms with Crippen LogP contribution in [0.2, 0.25) is 0 Å². The minimum atomic E-state index is -0.843. The first-order valence-electron chi connectivity index (χ1n) is 7.62. The summed E-state index contributed by atoms with van der Waals surface area (Å²) in [5.74, 6) is 0. The predicted molar refractivity (Wildman–Crippen MR) is 94.2 cm³/mol. The first kappa shape index (κ1) is 13.3. The lowest BCUT2D eigenvalue weighted by Crippen LogP contribution is -2.15. The molecule has 0 atom stereocenters. The van der Waals surface area contributed by atoms with Crippen LogP contribution in [0.1, 0.15) is 19.4 Å². The molecule has 22 heavy (non-hydrogen) atoms. The molecule has 0 aliphatic heterocycles. The Morgan fingerprint density at radius 3 is 2.00 bits per heavy atom. The summed E-state index contributed by atoms with van der Waals surface area (Å²) in [6, 6.07) is 23.3. The minimum Gasteiger partial charge on any atom is -0.386 e. The summed E-state index contributed by atoms with van der Waals surface area (Å²) in [6.07, 6.45) is 0. The van der Waals surface area contributed by atoms with Gasteiger partial charge in [0.2, 0.25) is 0 Å². The molecule has 1 nitrogen and oxygen atoms in total. The fraction of sp³-hybridized carbons (Fsp3) is 0.143. The van der Waals surface area contributed by atoms with Crippen LogP contribution in [-0.2, 0) is 5.60 Å². The van der Waals surface area contributed by atoms with Gasteiger partial charge in [0.25, 0.3) is 0 Å². The van der Waals surface area contributed by atoms with Crippen molar-refractivity contribution in [2.24, 2.45) is 0 Å². The van der Waals surface area contributed by atoms with Crippen molar-refractivity contribution in [1.82, 2.24) is 0 Å². The molecule has 0 spiro atoms. The molecule has 1 heteroatoms. The van der Waals surface area contributed by atoms with Gasteiger partial charge in [-0.05, 0) is 51.7 Å². The first-order chi connectivity index (χ1) is 10.6. The Morgan fingerprint density at radius 1 is 0.591 bits per heavy atom. The van der Waals surface area contributed by atoms with E-state index in [2.05, 4.69) is 54.6 Å². The molecule has 0 fully saturated rings. The first-order valence-corrected chi connectivity index (χ1v) is 7.62. The third-order valence-electron chi connectivity index (χ3n) is 4.44. The van der Waals surface area contributed by atoms with E-state index in [0.717, 1.165) is 10.9 Å². The highest BCUT2D eigenvalue weighted by Crippen LogP contribution is 2.35. The monoisotopic (exact) mass is 286 g/mol. The molecule has 0 unspecified atom stereocenters. The van der Waals surface area contributed by atoms with Crippen LogP contribution in [0.4, 0.5) is 0 Å². The second-order valence-corrected chi connectivity index (χ2v) is 6.41. The molecule has 4 aromatic carbocycles. The molecule has 1 N–H and O–H groups in total.